The number of fused-ring (bicyclic) bond motifs is 1. The van der Waals surface area contributed by atoms with E-state index in [1.54, 1.807) is 0 Å². The van der Waals surface area contributed by atoms with Crippen molar-refractivity contribution in [3.05, 3.63) is 35.4 Å². The number of hydrogen-bond donors (Lipinski definition) is 0. The molecule has 86 valence electrons. The Hall–Kier alpha value is -1.02. The van der Waals surface area contributed by atoms with Crippen LogP contribution in [0.4, 0.5) is 0 Å². The summed E-state index contributed by atoms with van der Waals surface area (Å²) in [6.45, 7) is 3.65. The molecule has 0 aromatic heterocycles. The van der Waals surface area contributed by atoms with Crippen LogP contribution >= 0.6 is 11.6 Å². The van der Waals surface area contributed by atoms with E-state index in [1.807, 2.05) is 29.2 Å². The van der Waals surface area contributed by atoms with E-state index in [-0.39, 0.29) is 5.91 Å². The molecule has 1 atom stereocenters. The van der Waals surface area contributed by atoms with Crippen LogP contribution in [0.2, 0.25) is 0 Å². The Bertz CT molecular complexity index is 391. The van der Waals surface area contributed by atoms with Gasteiger partial charge in [0.15, 0.2) is 0 Å². The molecule has 0 bridgehead atoms. The zero-order valence-electron chi connectivity index (χ0n) is 9.45. The zero-order valence-corrected chi connectivity index (χ0v) is 10.2. The van der Waals surface area contributed by atoms with Gasteiger partial charge in [-0.3, -0.25) is 4.79 Å². The summed E-state index contributed by atoms with van der Waals surface area (Å²) < 4.78 is 0. The van der Waals surface area contributed by atoms with Crippen molar-refractivity contribution >= 4 is 17.5 Å². The van der Waals surface area contributed by atoms with Crippen molar-refractivity contribution < 1.29 is 4.79 Å². The summed E-state index contributed by atoms with van der Waals surface area (Å²) in [5.74, 6) is 1.11. The van der Waals surface area contributed by atoms with Crippen molar-refractivity contribution in [1.29, 1.82) is 0 Å². The highest BCUT2D eigenvalue weighted by molar-refractivity contribution is 6.18. The number of hydrogen-bond acceptors (Lipinski definition) is 1. The van der Waals surface area contributed by atoms with Gasteiger partial charge < -0.3 is 4.90 Å². The number of carbonyl (C=O) groups excluding carboxylic acids is 1. The molecule has 0 radical (unpaired) electrons. The monoisotopic (exact) mass is 237 g/mol. The van der Waals surface area contributed by atoms with Crippen molar-refractivity contribution in [2.24, 2.45) is 5.92 Å². The molecular formula is C13H16ClNO. The van der Waals surface area contributed by atoms with Gasteiger partial charge in [-0.25, -0.2) is 0 Å². The van der Waals surface area contributed by atoms with E-state index in [2.05, 4.69) is 6.92 Å². The molecule has 1 aliphatic heterocycles. The zero-order chi connectivity index (χ0) is 11.5. The molecular weight excluding hydrogens is 222 g/mol. The Morgan fingerprint density at radius 2 is 2.19 bits per heavy atom. The van der Waals surface area contributed by atoms with E-state index in [0.29, 0.717) is 11.8 Å². The number of rotatable bonds is 3. The summed E-state index contributed by atoms with van der Waals surface area (Å²) in [6.07, 6.45) is 0.955. The highest BCUT2D eigenvalue weighted by Gasteiger charge is 2.24. The molecule has 16 heavy (non-hydrogen) atoms. The minimum Gasteiger partial charge on any atom is -0.338 e. The van der Waals surface area contributed by atoms with Crippen LogP contribution in [0.15, 0.2) is 24.3 Å². The van der Waals surface area contributed by atoms with Gasteiger partial charge in [-0.15, -0.1) is 11.6 Å². The number of amides is 1. The van der Waals surface area contributed by atoms with E-state index in [0.717, 1.165) is 25.1 Å². The first-order chi connectivity index (χ1) is 7.72. The lowest BCUT2D eigenvalue weighted by atomic mass is 9.98. The molecule has 0 fully saturated rings. The third kappa shape index (κ3) is 2.22. The van der Waals surface area contributed by atoms with Crippen LogP contribution in [0.1, 0.15) is 22.8 Å². The van der Waals surface area contributed by atoms with Crippen LogP contribution < -0.4 is 0 Å². The molecule has 0 saturated heterocycles. The summed E-state index contributed by atoms with van der Waals surface area (Å²) in [5, 5.41) is 0. The molecule has 3 heteroatoms. The number of halogens is 1. The van der Waals surface area contributed by atoms with Crippen LogP contribution in [0.5, 0.6) is 0 Å². The molecule has 1 aliphatic rings. The molecule has 0 N–H and O–H groups in total. The normalized spacial score (nSPS) is 17.1. The summed E-state index contributed by atoms with van der Waals surface area (Å²) in [4.78, 5) is 14.1. The van der Waals surface area contributed by atoms with Gasteiger partial charge in [-0.05, 0) is 24.0 Å². The SMILES string of the molecule is CC(CCl)CN1CCc2ccccc2C1=O. The fourth-order valence-electron chi connectivity index (χ4n) is 2.07. The molecule has 2 rings (SSSR count). The number of nitrogens with zero attached hydrogens (tertiary/aromatic N) is 1. The fourth-order valence-corrected chi connectivity index (χ4v) is 2.17. The van der Waals surface area contributed by atoms with Crippen molar-refractivity contribution in [3.63, 3.8) is 0 Å². The molecule has 0 spiro atoms. The standard InChI is InChI=1S/C13H16ClNO/c1-10(8-14)9-15-7-6-11-4-2-3-5-12(11)13(15)16/h2-5,10H,6-9H2,1H3. The lowest BCUT2D eigenvalue weighted by molar-refractivity contribution is 0.0720. The van der Waals surface area contributed by atoms with Crippen molar-refractivity contribution in [3.8, 4) is 0 Å². The molecule has 1 amide bonds. The topological polar surface area (TPSA) is 20.3 Å². The lowest BCUT2D eigenvalue weighted by Crippen LogP contribution is -2.40. The van der Waals surface area contributed by atoms with E-state index >= 15 is 0 Å². The first-order valence-electron chi connectivity index (χ1n) is 5.65. The van der Waals surface area contributed by atoms with Crippen LogP contribution in [-0.4, -0.2) is 29.8 Å². The summed E-state index contributed by atoms with van der Waals surface area (Å²) >= 11 is 5.78. The van der Waals surface area contributed by atoms with Gasteiger partial charge >= 0.3 is 0 Å². The number of benzene rings is 1. The largest absolute Gasteiger partial charge is 0.338 e. The Morgan fingerprint density at radius 1 is 1.44 bits per heavy atom. The van der Waals surface area contributed by atoms with Crippen molar-refractivity contribution in [1.82, 2.24) is 4.90 Å². The Labute approximate surface area is 101 Å². The second kappa shape index (κ2) is 4.88. The lowest BCUT2D eigenvalue weighted by Gasteiger charge is -2.30. The Balaban J connectivity index is 2.15. The average molecular weight is 238 g/mol. The summed E-state index contributed by atoms with van der Waals surface area (Å²) in [6, 6.07) is 7.86. The van der Waals surface area contributed by atoms with Gasteiger partial charge in [0.05, 0.1) is 0 Å². The molecule has 1 aromatic carbocycles. The highest BCUT2D eigenvalue weighted by Crippen LogP contribution is 2.19. The quantitative estimate of drug-likeness (QED) is 0.740. The van der Waals surface area contributed by atoms with Gasteiger partial charge in [0.1, 0.15) is 0 Å². The van der Waals surface area contributed by atoms with Crippen LogP contribution in [0.25, 0.3) is 0 Å². The van der Waals surface area contributed by atoms with Crippen LogP contribution in [0.3, 0.4) is 0 Å². The average Bonchev–Trinajstić information content (AvgIpc) is 2.33. The fraction of sp³-hybridized carbons (Fsp3) is 0.462. The highest BCUT2D eigenvalue weighted by atomic mass is 35.5. The van der Waals surface area contributed by atoms with E-state index in [9.17, 15) is 4.79 Å². The smallest absolute Gasteiger partial charge is 0.254 e. The van der Waals surface area contributed by atoms with Crippen molar-refractivity contribution in [2.75, 3.05) is 19.0 Å². The first-order valence-corrected chi connectivity index (χ1v) is 6.19. The van der Waals surface area contributed by atoms with Crippen LogP contribution in [-0.2, 0) is 6.42 Å². The van der Waals surface area contributed by atoms with Crippen LogP contribution in [0, 0.1) is 5.92 Å². The number of alkyl halides is 1. The molecule has 0 aliphatic carbocycles. The minimum absolute atomic E-state index is 0.152. The summed E-state index contributed by atoms with van der Waals surface area (Å²) in [5.41, 5.74) is 2.03. The summed E-state index contributed by atoms with van der Waals surface area (Å²) in [7, 11) is 0. The maximum atomic E-state index is 12.2. The van der Waals surface area contributed by atoms with Gasteiger partial charge in [-0.2, -0.15) is 0 Å². The van der Waals surface area contributed by atoms with Gasteiger partial charge in [0.25, 0.3) is 5.91 Å². The molecule has 0 saturated carbocycles. The van der Waals surface area contributed by atoms with E-state index in [4.69, 9.17) is 11.6 Å². The Kier molecular flexibility index (Phi) is 3.49. The van der Waals surface area contributed by atoms with Gasteiger partial charge in [0, 0.05) is 24.5 Å². The second-order valence-corrected chi connectivity index (χ2v) is 4.73. The third-order valence-electron chi connectivity index (χ3n) is 2.98. The Morgan fingerprint density at radius 3 is 2.94 bits per heavy atom. The predicted octanol–water partition coefficient (Wildman–Crippen LogP) is 2.56. The molecule has 2 nitrogen and oxygen atoms in total. The minimum atomic E-state index is 0.152. The predicted molar refractivity (Wildman–Crippen MR) is 65.9 cm³/mol. The van der Waals surface area contributed by atoms with Gasteiger partial charge in [-0.1, -0.05) is 25.1 Å². The molecule has 1 heterocycles. The maximum Gasteiger partial charge on any atom is 0.254 e. The molecule has 1 unspecified atom stereocenters. The van der Waals surface area contributed by atoms with Gasteiger partial charge in [0.2, 0.25) is 0 Å². The third-order valence-corrected chi connectivity index (χ3v) is 3.51. The molecule has 1 aromatic rings. The first kappa shape index (κ1) is 11.5. The van der Waals surface area contributed by atoms with Crippen molar-refractivity contribution in [2.45, 2.75) is 13.3 Å². The van der Waals surface area contributed by atoms with E-state index < -0.39 is 0 Å². The number of carbonyl (C=O) groups is 1. The van der Waals surface area contributed by atoms with E-state index in [1.165, 1.54) is 5.56 Å². The maximum absolute atomic E-state index is 12.2. The second-order valence-electron chi connectivity index (χ2n) is 4.42.